The van der Waals surface area contributed by atoms with Gasteiger partial charge in [-0.3, -0.25) is 4.79 Å². The first-order chi connectivity index (χ1) is 15.1. The molecule has 31 heavy (non-hydrogen) atoms. The van der Waals surface area contributed by atoms with Crippen LogP contribution in [0.5, 0.6) is 17.6 Å². The van der Waals surface area contributed by atoms with Crippen LogP contribution in [0.25, 0.3) is 11.4 Å². The Morgan fingerprint density at radius 1 is 0.806 bits per heavy atom. The van der Waals surface area contributed by atoms with Crippen molar-refractivity contribution in [1.29, 1.82) is 0 Å². The minimum absolute atomic E-state index is 0.0891. The Hall–Kier alpha value is -4.47. The second-order valence-electron chi connectivity index (χ2n) is 6.22. The molecule has 0 atom stereocenters. The zero-order valence-corrected chi connectivity index (χ0v) is 16.7. The van der Waals surface area contributed by atoms with Gasteiger partial charge in [-0.05, 0) is 24.3 Å². The molecule has 2 aromatic carbocycles. The fourth-order valence-corrected chi connectivity index (χ4v) is 2.92. The quantitative estimate of drug-likeness (QED) is 0.479. The molecule has 4 rings (SSSR count). The van der Waals surface area contributed by atoms with Gasteiger partial charge in [0.1, 0.15) is 0 Å². The summed E-state index contributed by atoms with van der Waals surface area (Å²) >= 11 is 0. The summed E-state index contributed by atoms with van der Waals surface area (Å²) in [6.07, 6.45) is 0. The molecule has 4 aromatic rings. The van der Waals surface area contributed by atoms with E-state index in [9.17, 15) is 9.90 Å². The largest absolute Gasteiger partial charge is 0.492 e. The number of hydrogen-bond donors (Lipinski definition) is 1. The van der Waals surface area contributed by atoms with Crippen LogP contribution < -0.4 is 15.0 Å². The molecule has 0 unspecified atom stereocenters. The Kier molecular flexibility index (Phi) is 5.43. The van der Waals surface area contributed by atoms with Gasteiger partial charge in [0.15, 0.2) is 0 Å². The van der Waals surface area contributed by atoms with Gasteiger partial charge in [-0.25, -0.2) is 9.36 Å². The summed E-state index contributed by atoms with van der Waals surface area (Å²) in [7, 11) is 2.88. The van der Waals surface area contributed by atoms with E-state index in [1.54, 1.807) is 48.5 Å². The van der Waals surface area contributed by atoms with E-state index in [1.807, 2.05) is 12.1 Å². The summed E-state index contributed by atoms with van der Waals surface area (Å²) in [5.41, 5.74) is 0.290. The number of para-hydroxylation sites is 2. The van der Waals surface area contributed by atoms with Gasteiger partial charge in [0.05, 0.1) is 31.7 Å². The van der Waals surface area contributed by atoms with Crippen molar-refractivity contribution in [3.63, 3.8) is 0 Å². The smallest absolute Gasteiger partial charge is 0.303 e. The van der Waals surface area contributed by atoms with Crippen LogP contribution in [-0.2, 0) is 0 Å². The highest BCUT2D eigenvalue weighted by molar-refractivity contribution is 5.53. The van der Waals surface area contributed by atoms with Crippen LogP contribution in [0.4, 0.5) is 11.6 Å². The maximum absolute atomic E-state index is 13.2. The van der Waals surface area contributed by atoms with E-state index in [2.05, 4.69) is 20.2 Å². The number of ether oxygens (including phenoxy) is 2. The number of hydrogen-bond acceptors (Lipinski definition) is 8. The van der Waals surface area contributed by atoms with Gasteiger partial charge in [-0.15, -0.1) is 10.2 Å². The van der Waals surface area contributed by atoms with Crippen molar-refractivity contribution in [2.75, 3.05) is 14.2 Å². The maximum Gasteiger partial charge on any atom is 0.303 e. The van der Waals surface area contributed by atoms with Crippen molar-refractivity contribution in [2.24, 2.45) is 10.2 Å². The lowest BCUT2D eigenvalue weighted by molar-refractivity contribution is 0.372. The first kappa shape index (κ1) is 19.8. The molecule has 156 valence electrons. The van der Waals surface area contributed by atoms with Gasteiger partial charge >= 0.3 is 5.56 Å². The molecular weight excluding hydrogens is 400 g/mol. The molecule has 2 heterocycles. The number of benzene rings is 2. The second kappa shape index (κ2) is 8.49. The Balaban J connectivity index is 1.88. The zero-order chi connectivity index (χ0) is 21.8. The van der Waals surface area contributed by atoms with E-state index in [0.29, 0.717) is 11.4 Å². The average Bonchev–Trinajstić information content (AvgIpc) is 3.07. The Morgan fingerprint density at radius 3 is 1.84 bits per heavy atom. The highest BCUT2D eigenvalue weighted by atomic mass is 16.5. The minimum atomic E-state index is -0.564. The van der Waals surface area contributed by atoms with Gasteiger partial charge in [0.2, 0.25) is 23.3 Å². The lowest BCUT2D eigenvalue weighted by atomic mass is 10.3. The van der Waals surface area contributed by atoms with Gasteiger partial charge in [0, 0.05) is 0 Å². The molecule has 0 aliphatic carbocycles. The molecule has 10 heteroatoms. The Labute approximate surface area is 176 Å². The van der Waals surface area contributed by atoms with Gasteiger partial charge in [-0.2, -0.15) is 9.97 Å². The van der Waals surface area contributed by atoms with Crippen molar-refractivity contribution in [2.45, 2.75) is 0 Å². The summed E-state index contributed by atoms with van der Waals surface area (Å²) in [6.45, 7) is 0. The van der Waals surface area contributed by atoms with Crippen LogP contribution in [0.15, 0.2) is 81.8 Å². The number of methoxy groups -OCH3 is 2. The summed E-state index contributed by atoms with van der Waals surface area (Å²) < 4.78 is 12.8. The van der Waals surface area contributed by atoms with Crippen LogP contribution in [0.1, 0.15) is 0 Å². The molecule has 0 radical (unpaired) electrons. The van der Waals surface area contributed by atoms with Crippen molar-refractivity contribution >= 4 is 11.6 Å². The van der Waals surface area contributed by atoms with Gasteiger partial charge in [-0.1, -0.05) is 36.4 Å². The van der Waals surface area contributed by atoms with Crippen LogP contribution in [0.3, 0.4) is 0 Å². The average molecular weight is 418 g/mol. The number of rotatable bonds is 6. The van der Waals surface area contributed by atoms with E-state index in [1.165, 1.54) is 29.6 Å². The normalized spacial score (nSPS) is 11.0. The molecule has 0 aliphatic rings. The monoisotopic (exact) mass is 418 g/mol. The van der Waals surface area contributed by atoms with Crippen molar-refractivity contribution in [3.8, 4) is 29.0 Å². The molecule has 0 fully saturated rings. The van der Waals surface area contributed by atoms with Gasteiger partial charge < -0.3 is 14.6 Å². The third kappa shape index (κ3) is 3.86. The summed E-state index contributed by atoms with van der Waals surface area (Å²) in [5, 5.41) is 18.7. The highest BCUT2D eigenvalue weighted by Gasteiger charge is 2.22. The Bertz CT molecular complexity index is 1260. The molecule has 0 amide bonds. The molecular formula is C21H18N6O4. The Morgan fingerprint density at radius 2 is 1.32 bits per heavy atom. The molecule has 2 aromatic heterocycles. The number of aromatic nitrogens is 4. The van der Waals surface area contributed by atoms with E-state index < -0.39 is 5.56 Å². The number of nitrogens with zero attached hydrogens (tertiary/aromatic N) is 6. The fraction of sp³-hybridized carbons (Fsp3) is 0.0952. The zero-order valence-electron chi connectivity index (χ0n) is 16.7. The highest BCUT2D eigenvalue weighted by Crippen LogP contribution is 2.30. The molecule has 0 bridgehead atoms. The maximum atomic E-state index is 13.2. The summed E-state index contributed by atoms with van der Waals surface area (Å²) in [5.74, 6) is -0.0328. The SMILES string of the molecule is COc1cc(OC)nc(N=Nc2c(O)n(-c3ccccc3)n(-c3ccccc3)c2=O)n1. The first-order valence-corrected chi connectivity index (χ1v) is 9.19. The number of azo groups is 1. The molecule has 0 saturated heterocycles. The lowest BCUT2D eigenvalue weighted by Gasteiger charge is -2.12. The molecule has 10 nitrogen and oxygen atoms in total. The van der Waals surface area contributed by atoms with Crippen molar-refractivity contribution in [3.05, 3.63) is 77.1 Å². The van der Waals surface area contributed by atoms with Gasteiger partial charge in [0.25, 0.3) is 5.95 Å². The molecule has 0 aliphatic heterocycles. The van der Waals surface area contributed by atoms with E-state index in [-0.39, 0.29) is 29.3 Å². The first-order valence-electron chi connectivity index (χ1n) is 9.19. The number of aromatic hydroxyl groups is 1. The van der Waals surface area contributed by atoms with Crippen LogP contribution in [-0.4, -0.2) is 38.7 Å². The van der Waals surface area contributed by atoms with Crippen LogP contribution >= 0.6 is 0 Å². The third-order valence-corrected chi connectivity index (χ3v) is 4.33. The summed E-state index contributed by atoms with van der Waals surface area (Å²) in [6, 6.07) is 19.3. The van der Waals surface area contributed by atoms with E-state index in [4.69, 9.17) is 9.47 Å². The predicted octanol–water partition coefficient (Wildman–Crippen LogP) is 3.56. The van der Waals surface area contributed by atoms with Crippen LogP contribution in [0.2, 0.25) is 0 Å². The topological polar surface area (TPSA) is 116 Å². The van der Waals surface area contributed by atoms with E-state index >= 15 is 0 Å². The fourth-order valence-electron chi connectivity index (χ4n) is 2.92. The van der Waals surface area contributed by atoms with Crippen molar-refractivity contribution in [1.82, 2.24) is 19.3 Å². The molecule has 1 N–H and O–H groups in total. The minimum Gasteiger partial charge on any atom is -0.492 e. The van der Waals surface area contributed by atoms with Crippen LogP contribution in [0, 0.1) is 0 Å². The molecule has 0 spiro atoms. The van der Waals surface area contributed by atoms with E-state index in [0.717, 1.165) is 0 Å². The third-order valence-electron chi connectivity index (χ3n) is 4.33. The predicted molar refractivity (Wildman–Crippen MR) is 112 cm³/mol. The second-order valence-corrected chi connectivity index (χ2v) is 6.22. The molecule has 0 saturated carbocycles. The van der Waals surface area contributed by atoms with Crippen molar-refractivity contribution < 1.29 is 14.6 Å². The lowest BCUT2D eigenvalue weighted by Crippen LogP contribution is -2.20. The summed E-state index contributed by atoms with van der Waals surface area (Å²) in [4.78, 5) is 21.3. The standard InChI is InChI=1S/C21H18N6O4/c1-30-16-13-17(31-2)23-21(22-16)25-24-18-19(28)26(14-9-5-3-6-10-14)27(20(18)29)15-11-7-4-8-12-15/h3-13,28H,1-2H3.